The highest BCUT2D eigenvalue weighted by atomic mass is 16.4. The smallest absolute Gasteiger partial charge is 0.300 e. The predicted molar refractivity (Wildman–Crippen MR) is 72.4 cm³/mol. The first-order chi connectivity index (χ1) is 7.08. The molecule has 0 atom stereocenters. The molecular formula is C12H31NO4. The lowest BCUT2D eigenvalue weighted by Gasteiger charge is -2.13. The maximum atomic E-state index is 9.00. The van der Waals surface area contributed by atoms with Crippen molar-refractivity contribution in [3.63, 3.8) is 0 Å². The van der Waals surface area contributed by atoms with Gasteiger partial charge >= 0.3 is 0 Å². The largest absolute Gasteiger partial charge is 0.481 e. The van der Waals surface area contributed by atoms with Crippen LogP contribution in [0.5, 0.6) is 0 Å². The highest BCUT2D eigenvalue weighted by molar-refractivity contribution is 5.62. The minimum atomic E-state index is -0.833. The van der Waals surface area contributed by atoms with E-state index in [-0.39, 0.29) is 5.48 Å². The molecule has 0 unspecified atom stereocenters. The van der Waals surface area contributed by atoms with Crippen molar-refractivity contribution >= 4 is 5.97 Å². The highest BCUT2D eigenvalue weighted by Crippen LogP contribution is 1.93. The number of carboxylic acid groups (broad SMARTS) is 1. The summed E-state index contributed by atoms with van der Waals surface area (Å²) in [6.45, 7) is 16.4. The van der Waals surface area contributed by atoms with Crippen LogP contribution in [-0.2, 0) is 4.79 Å². The molecule has 0 aliphatic heterocycles. The lowest BCUT2D eigenvalue weighted by atomic mass is 10.2. The first-order valence-electron chi connectivity index (χ1n) is 5.72. The number of aliphatic carboxylic acids is 1. The molecule has 108 valence electrons. The van der Waals surface area contributed by atoms with Crippen LogP contribution in [0.25, 0.3) is 0 Å². The van der Waals surface area contributed by atoms with Crippen molar-refractivity contribution in [2.45, 2.75) is 54.1 Å². The van der Waals surface area contributed by atoms with Gasteiger partial charge in [0.25, 0.3) is 5.97 Å². The molecule has 0 heterocycles. The summed E-state index contributed by atoms with van der Waals surface area (Å²) in [5.41, 5.74) is -0.500. The van der Waals surface area contributed by atoms with Gasteiger partial charge in [0.15, 0.2) is 0 Å². The second kappa shape index (κ2) is 15.4. The van der Waals surface area contributed by atoms with Crippen LogP contribution in [0.4, 0.5) is 0 Å². The molecule has 0 aromatic rings. The summed E-state index contributed by atoms with van der Waals surface area (Å²) in [6, 6.07) is 0. The zero-order valence-electron chi connectivity index (χ0n) is 12.4. The van der Waals surface area contributed by atoms with E-state index in [2.05, 4.69) is 25.7 Å². The van der Waals surface area contributed by atoms with Crippen molar-refractivity contribution in [1.82, 2.24) is 4.90 Å². The molecule has 0 bridgehead atoms. The lowest BCUT2D eigenvalue weighted by Crippen LogP contribution is -2.21. The Bertz CT molecular complexity index is 136. The van der Waals surface area contributed by atoms with Crippen molar-refractivity contribution in [3.8, 4) is 0 Å². The van der Waals surface area contributed by atoms with Crippen molar-refractivity contribution in [3.05, 3.63) is 0 Å². The zero-order chi connectivity index (χ0) is 13.8. The van der Waals surface area contributed by atoms with Gasteiger partial charge in [0.05, 0.1) is 5.60 Å². The Morgan fingerprint density at radius 1 is 1.06 bits per heavy atom. The molecule has 0 spiro atoms. The van der Waals surface area contributed by atoms with Crippen LogP contribution >= 0.6 is 0 Å². The van der Waals surface area contributed by atoms with E-state index in [0.29, 0.717) is 0 Å². The Balaban J connectivity index is -0.0000000757. The standard InChI is InChI=1S/C6H15N.C4H10O.C2H4O2.H2O/c1-4-7(5-2)6-3;1-4(2,3)5;1-2(3)4;/h4-6H2,1-3H3;5H,1-3H3;1H3,(H,3,4);1H2. The zero-order valence-corrected chi connectivity index (χ0v) is 12.4. The van der Waals surface area contributed by atoms with Crippen LogP contribution in [0.15, 0.2) is 0 Å². The minimum absolute atomic E-state index is 0. The Hall–Kier alpha value is -0.650. The van der Waals surface area contributed by atoms with Crippen LogP contribution in [-0.4, -0.2) is 51.8 Å². The van der Waals surface area contributed by atoms with E-state index in [9.17, 15) is 0 Å². The maximum Gasteiger partial charge on any atom is 0.300 e. The molecule has 5 heteroatoms. The molecule has 0 aliphatic rings. The summed E-state index contributed by atoms with van der Waals surface area (Å²) in [4.78, 5) is 11.4. The molecule has 0 radical (unpaired) electrons. The van der Waals surface area contributed by atoms with E-state index in [1.807, 2.05) is 0 Å². The highest BCUT2D eigenvalue weighted by Gasteiger charge is 1.97. The molecule has 0 saturated carbocycles. The summed E-state index contributed by atoms with van der Waals surface area (Å²) in [5, 5.41) is 15.9. The Morgan fingerprint density at radius 2 is 1.18 bits per heavy atom. The fourth-order valence-corrected chi connectivity index (χ4v) is 0.671. The van der Waals surface area contributed by atoms with Gasteiger partial charge in [-0.15, -0.1) is 0 Å². The first kappa shape index (κ1) is 25.3. The molecular weight excluding hydrogens is 222 g/mol. The van der Waals surface area contributed by atoms with Gasteiger partial charge in [-0.3, -0.25) is 4.79 Å². The van der Waals surface area contributed by atoms with E-state index in [1.165, 1.54) is 19.6 Å². The monoisotopic (exact) mass is 253 g/mol. The third-order valence-corrected chi connectivity index (χ3v) is 1.34. The summed E-state index contributed by atoms with van der Waals surface area (Å²) in [5.74, 6) is -0.833. The van der Waals surface area contributed by atoms with Crippen molar-refractivity contribution in [2.24, 2.45) is 0 Å². The van der Waals surface area contributed by atoms with Crippen LogP contribution in [0.3, 0.4) is 0 Å². The molecule has 0 rings (SSSR count). The Morgan fingerprint density at radius 3 is 1.18 bits per heavy atom. The van der Waals surface area contributed by atoms with Gasteiger partial charge in [0.1, 0.15) is 0 Å². The van der Waals surface area contributed by atoms with Gasteiger partial charge < -0.3 is 20.6 Å². The molecule has 5 nitrogen and oxygen atoms in total. The van der Waals surface area contributed by atoms with E-state index in [0.717, 1.165) is 6.92 Å². The Kier molecular flexibility index (Phi) is 22.8. The first-order valence-corrected chi connectivity index (χ1v) is 5.72. The van der Waals surface area contributed by atoms with Crippen LogP contribution < -0.4 is 0 Å². The van der Waals surface area contributed by atoms with Crippen molar-refractivity contribution in [2.75, 3.05) is 19.6 Å². The number of rotatable bonds is 3. The van der Waals surface area contributed by atoms with Crippen LogP contribution in [0, 0.1) is 0 Å². The quantitative estimate of drug-likeness (QED) is 0.795. The number of carboxylic acids is 1. The summed E-state index contributed by atoms with van der Waals surface area (Å²) in [7, 11) is 0. The fourth-order valence-electron chi connectivity index (χ4n) is 0.671. The van der Waals surface area contributed by atoms with Gasteiger partial charge in [0, 0.05) is 6.92 Å². The van der Waals surface area contributed by atoms with E-state index < -0.39 is 11.6 Å². The van der Waals surface area contributed by atoms with Crippen LogP contribution in [0.1, 0.15) is 48.5 Å². The molecule has 0 aromatic heterocycles. The number of aliphatic hydroxyl groups is 1. The molecule has 4 N–H and O–H groups in total. The fraction of sp³-hybridized carbons (Fsp3) is 0.917. The number of hydrogen-bond acceptors (Lipinski definition) is 3. The molecule has 0 saturated heterocycles. The van der Waals surface area contributed by atoms with Gasteiger partial charge in [-0.1, -0.05) is 20.8 Å². The molecule has 0 fully saturated rings. The molecule has 0 aliphatic carbocycles. The van der Waals surface area contributed by atoms with Gasteiger partial charge in [-0.2, -0.15) is 0 Å². The topological polar surface area (TPSA) is 92.3 Å². The maximum absolute atomic E-state index is 9.00. The second-order valence-corrected chi connectivity index (χ2v) is 4.31. The van der Waals surface area contributed by atoms with Gasteiger partial charge in [-0.25, -0.2) is 0 Å². The molecule has 0 aromatic carbocycles. The third-order valence-electron chi connectivity index (χ3n) is 1.34. The average molecular weight is 253 g/mol. The van der Waals surface area contributed by atoms with E-state index in [4.69, 9.17) is 15.0 Å². The van der Waals surface area contributed by atoms with Crippen molar-refractivity contribution in [1.29, 1.82) is 0 Å². The summed E-state index contributed by atoms with van der Waals surface area (Å²) >= 11 is 0. The van der Waals surface area contributed by atoms with E-state index in [1.54, 1.807) is 20.8 Å². The molecule has 0 amide bonds. The van der Waals surface area contributed by atoms with Gasteiger partial charge in [0.2, 0.25) is 0 Å². The summed E-state index contributed by atoms with van der Waals surface area (Å²) in [6.07, 6.45) is 0. The third kappa shape index (κ3) is 95.6. The lowest BCUT2D eigenvalue weighted by molar-refractivity contribution is -0.134. The normalized spacial score (nSPS) is 9.24. The predicted octanol–water partition coefficient (Wildman–Crippen LogP) is 1.39. The average Bonchev–Trinajstić information content (AvgIpc) is 2.03. The van der Waals surface area contributed by atoms with Crippen molar-refractivity contribution < 1.29 is 20.5 Å². The Labute approximate surface area is 106 Å². The number of nitrogens with zero attached hydrogens (tertiary/aromatic N) is 1. The van der Waals surface area contributed by atoms with Crippen LogP contribution in [0.2, 0.25) is 0 Å². The SMILES string of the molecule is CC(=O)O.CC(C)(C)O.CCN(CC)CC.O. The second-order valence-electron chi connectivity index (χ2n) is 4.31. The number of carbonyl (C=O) groups is 1. The number of hydrogen-bond donors (Lipinski definition) is 2. The van der Waals surface area contributed by atoms with E-state index >= 15 is 0 Å². The summed E-state index contributed by atoms with van der Waals surface area (Å²) < 4.78 is 0. The molecule has 17 heavy (non-hydrogen) atoms. The minimum Gasteiger partial charge on any atom is -0.481 e. The van der Waals surface area contributed by atoms with Gasteiger partial charge in [-0.05, 0) is 40.4 Å².